The van der Waals surface area contributed by atoms with Crippen LogP contribution in [0.15, 0.2) is 91.0 Å². The maximum Gasteiger partial charge on any atom is 0.426 e. The fourth-order valence-corrected chi connectivity index (χ4v) is 5.04. The van der Waals surface area contributed by atoms with Gasteiger partial charge in [-0.3, -0.25) is 0 Å². The van der Waals surface area contributed by atoms with E-state index < -0.39 is 57.9 Å². The van der Waals surface area contributed by atoms with Crippen LogP contribution in [0.3, 0.4) is 0 Å². The van der Waals surface area contributed by atoms with Gasteiger partial charge in [0.15, 0.2) is 17.5 Å². The molecule has 0 spiro atoms. The van der Waals surface area contributed by atoms with Gasteiger partial charge in [-0.05, 0) is 77.1 Å². The van der Waals surface area contributed by atoms with Crippen LogP contribution in [0.5, 0.6) is 5.75 Å². The highest BCUT2D eigenvalue weighted by Crippen LogP contribution is 2.34. The minimum Gasteiger partial charge on any atom is -0.429 e. The van der Waals surface area contributed by atoms with E-state index in [1.807, 2.05) is 0 Å². The largest absolute Gasteiger partial charge is 0.429 e. The van der Waals surface area contributed by atoms with Crippen LogP contribution >= 0.6 is 0 Å². The molecule has 5 rings (SSSR count). The summed E-state index contributed by atoms with van der Waals surface area (Å²) < 4.78 is 119. The van der Waals surface area contributed by atoms with Gasteiger partial charge < -0.3 is 4.74 Å². The fourth-order valence-electron chi connectivity index (χ4n) is 5.04. The second kappa shape index (κ2) is 14.2. The van der Waals surface area contributed by atoms with E-state index >= 15 is 0 Å². The molecule has 0 bridgehead atoms. The summed E-state index contributed by atoms with van der Waals surface area (Å²) in [6.45, 7) is 2.07. The van der Waals surface area contributed by atoms with Crippen molar-refractivity contribution in [2.24, 2.45) is 0 Å². The average Bonchev–Trinajstić information content (AvgIpc) is 3.03. The third kappa shape index (κ3) is 7.91. The Bertz CT molecular complexity index is 1850. The molecule has 0 N–H and O–H groups in total. The lowest BCUT2D eigenvalue weighted by Gasteiger charge is -2.19. The molecule has 0 atom stereocenters. The van der Waals surface area contributed by atoms with Crippen LogP contribution in [0, 0.1) is 34.9 Å². The molecular formula is C38H28F8O. The van der Waals surface area contributed by atoms with Crippen molar-refractivity contribution in [1.82, 2.24) is 0 Å². The molecule has 0 heterocycles. The van der Waals surface area contributed by atoms with E-state index in [-0.39, 0.29) is 11.1 Å². The molecule has 0 aliphatic heterocycles. The smallest absolute Gasteiger partial charge is 0.426 e. The summed E-state index contributed by atoms with van der Waals surface area (Å²) >= 11 is 0. The molecule has 47 heavy (non-hydrogen) atoms. The number of hydrogen-bond acceptors (Lipinski definition) is 1. The lowest BCUT2D eigenvalue weighted by molar-refractivity contribution is -0.185. The van der Waals surface area contributed by atoms with Gasteiger partial charge in [0.1, 0.15) is 23.2 Å². The zero-order valence-electron chi connectivity index (χ0n) is 25.1. The Hall–Kier alpha value is -4.92. The van der Waals surface area contributed by atoms with Gasteiger partial charge in [0.05, 0.1) is 5.56 Å². The van der Waals surface area contributed by atoms with E-state index in [9.17, 15) is 35.1 Å². The van der Waals surface area contributed by atoms with Gasteiger partial charge in [0.2, 0.25) is 0 Å². The minimum absolute atomic E-state index is 0.123. The molecule has 0 saturated heterocycles. The van der Waals surface area contributed by atoms with E-state index in [2.05, 4.69) is 6.92 Å². The van der Waals surface area contributed by atoms with Gasteiger partial charge in [-0.1, -0.05) is 74.4 Å². The molecule has 0 saturated carbocycles. The quantitative estimate of drug-likeness (QED) is 0.0597. The Kier molecular flexibility index (Phi) is 10.1. The summed E-state index contributed by atoms with van der Waals surface area (Å²) in [4.78, 5) is 0. The number of alkyl halides is 2. The maximum absolute atomic E-state index is 14.8. The normalized spacial score (nSPS) is 11.8. The van der Waals surface area contributed by atoms with Crippen molar-refractivity contribution >= 4 is 12.2 Å². The predicted octanol–water partition coefficient (Wildman–Crippen LogP) is 11.9. The fraction of sp³-hybridized carbons (Fsp3) is 0.158. The van der Waals surface area contributed by atoms with Crippen LogP contribution in [0.4, 0.5) is 35.1 Å². The highest BCUT2D eigenvalue weighted by Gasteiger charge is 2.35. The van der Waals surface area contributed by atoms with Crippen LogP contribution in [0.25, 0.3) is 34.4 Å². The monoisotopic (exact) mass is 652 g/mol. The first-order valence-electron chi connectivity index (χ1n) is 14.8. The molecule has 5 aromatic carbocycles. The molecule has 1 nitrogen and oxygen atoms in total. The zero-order chi connectivity index (χ0) is 33.7. The van der Waals surface area contributed by atoms with Crippen LogP contribution in [-0.4, -0.2) is 0 Å². The van der Waals surface area contributed by atoms with Crippen molar-refractivity contribution < 1.29 is 39.9 Å². The second-order valence-electron chi connectivity index (χ2n) is 11.0. The molecule has 0 fully saturated rings. The summed E-state index contributed by atoms with van der Waals surface area (Å²) in [6.07, 6.45) is 2.51. The van der Waals surface area contributed by atoms with Gasteiger partial charge in [-0.15, -0.1) is 0 Å². The van der Waals surface area contributed by atoms with Crippen molar-refractivity contribution in [2.45, 2.75) is 38.7 Å². The third-order valence-corrected chi connectivity index (χ3v) is 7.61. The molecule has 0 radical (unpaired) electrons. The number of ether oxygens (including phenoxy) is 1. The summed E-state index contributed by atoms with van der Waals surface area (Å²) in [5.74, 6) is -8.20. The van der Waals surface area contributed by atoms with E-state index in [4.69, 9.17) is 4.74 Å². The number of rotatable bonds is 11. The summed E-state index contributed by atoms with van der Waals surface area (Å²) in [6, 6.07) is 18.8. The van der Waals surface area contributed by atoms with E-state index in [1.165, 1.54) is 30.3 Å². The molecule has 5 aromatic rings. The Labute approximate surface area is 266 Å². The van der Waals surface area contributed by atoms with Crippen LogP contribution < -0.4 is 4.74 Å². The van der Waals surface area contributed by atoms with Crippen molar-refractivity contribution in [2.75, 3.05) is 0 Å². The van der Waals surface area contributed by atoms with Crippen molar-refractivity contribution in [3.63, 3.8) is 0 Å². The van der Waals surface area contributed by atoms with Gasteiger partial charge in [0.25, 0.3) is 0 Å². The van der Waals surface area contributed by atoms with Gasteiger partial charge in [-0.2, -0.15) is 8.78 Å². The molecule has 0 amide bonds. The van der Waals surface area contributed by atoms with E-state index in [0.29, 0.717) is 41.0 Å². The van der Waals surface area contributed by atoms with Crippen molar-refractivity contribution in [3.05, 3.63) is 148 Å². The molecule has 0 aliphatic rings. The Morgan fingerprint density at radius 1 is 0.596 bits per heavy atom. The highest BCUT2D eigenvalue weighted by molar-refractivity contribution is 5.74. The lowest BCUT2D eigenvalue weighted by atomic mass is 9.98. The number of aryl methyl sites for hydroxylation is 1. The van der Waals surface area contributed by atoms with Crippen molar-refractivity contribution in [1.29, 1.82) is 0 Å². The van der Waals surface area contributed by atoms with Crippen LogP contribution in [-0.2, 0) is 12.5 Å². The zero-order valence-corrected chi connectivity index (χ0v) is 25.1. The molecular weight excluding hydrogens is 624 g/mol. The van der Waals surface area contributed by atoms with E-state index in [0.717, 1.165) is 43.4 Å². The second-order valence-corrected chi connectivity index (χ2v) is 11.0. The third-order valence-electron chi connectivity index (χ3n) is 7.61. The number of halogens is 8. The van der Waals surface area contributed by atoms with E-state index in [1.54, 1.807) is 36.4 Å². The molecule has 0 aliphatic carbocycles. The number of hydrogen-bond donors (Lipinski definition) is 0. The Balaban J connectivity index is 1.26. The number of unbranched alkanes of at least 4 members (excludes halogenated alkanes) is 2. The van der Waals surface area contributed by atoms with Gasteiger partial charge >= 0.3 is 6.11 Å². The summed E-state index contributed by atoms with van der Waals surface area (Å²) in [7, 11) is 0. The topological polar surface area (TPSA) is 9.23 Å². The first kappa shape index (κ1) is 33.4. The SMILES string of the molecule is CCCCCc1ccc(C(F)(F)Oc2cc(F)c(C=Cc3ccc(-c4ccc(-c5cc(F)c(F)c(F)c5)c(F)c4)cc3)c(F)c2)cc1. The van der Waals surface area contributed by atoms with Gasteiger partial charge in [0, 0.05) is 23.3 Å². The summed E-state index contributed by atoms with van der Waals surface area (Å²) in [5.41, 5.74) is 1.22. The Morgan fingerprint density at radius 3 is 1.79 bits per heavy atom. The standard InChI is InChI=1S/C38H28F8O/c1-2-3-4-5-23-8-14-28(15-9-23)38(45,46)47-29-21-33(40)31(34(41)22-29)16-10-24-6-11-25(12-7-24)26-13-17-30(32(39)18-26)27-19-35(42)37(44)36(43)20-27/h6-22H,2-5H2,1H3. The summed E-state index contributed by atoms with van der Waals surface area (Å²) in [5, 5.41) is 0. The first-order valence-corrected chi connectivity index (χ1v) is 14.8. The first-order chi connectivity index (χ1) is 22.4. The minimum atomic E-state index is -3.82. The molecule has 0 unspecified atom stereocenters. The van der Waals surface area contributed by atoms with Crippen LogP contribution in [0.2, 0.25) is 0 Å². The lowest BCUT2D eigenvalue weighted by Crippen LogP contribution is -2.22. The average molecular weight is 653 g/mol. The molecule has 0 aromatic heterocycles. The van der Waals surface area contributed by atoms with Crippen LogP contribution in [0.1, 0.15) is 48.4 Å². The Morgan fingerprint density at radius 2 is 1.19 bits per heavy atom. The van der Waals surface area contributed by atoms with Crippen molar-refractivity contribution in [3.8, 4) is 28.0 Å². The molecule has 242 valence electrons. The van der Waals surface area contributed by atoms with Gasteiger partial charge in [-0.25, -0.2) is 26.3 Å². The highest BCUT2D eigenvalue weighted by atomic mass is 19.3. The maximum atomic E-state index is 14.8. The molecule has 9 heteroatoms. The predicted molar refractivity (Wildman–Crippen MR) is 167 cm³/mol. The number of benzene rings is 5.